The largest absolute Gasteiger partial charge is 0.497 e. The lowest BCUT2D eigenvalue weighted by atomic mass is 10.2. The number of hydrogen-bond donors (Lipinski definition) is 0. The molecule has 3 aromatic carbocycles. The molecule has 8 heteroatoms. The number of ether oxygens (including phenoxy) is 1. The molecule has 0 aliphatic carbocycles. The van der Waals surface area contributed by atoms with Crippen LogP contribution in [0.15, 0.2) is 96.2 Å². The molecule has 0 N–H and O–H groups in total. The molecule has 0 atom stereocenters. The Hall–Kier alpha value is -3.91. The van der Waals surface area contributed by atoms with Gasteiger partial charge in [0, 0.05) is 5.75 Å². The van der Waals surface area contributed by atoms with Crippen LogP contribution >= 0.6 is 11.8 Å². The Labute approximate surface area is 196 Å². The third kappa shape index (κ3) is 4.80. The quantitative estimate of drug-likeness (QED) is 0.311. The van der Waals surface area contributed by atoms with Crippen molar-refractivity contribution in [3.8, 4) is 22.8 Å². The molecule has 5 rings (SSSR count). The summed E-state index contributed by atoms with van der Waals surface area (Å²) in [4.78, 5) is 1.61. The van der Waals surface area contributed by atoms with Crippen molar-refractivity contribution < 1.29 is 4.74 Å². The van der Waals surface area contributed by atoms with Crippen LogP contribution in [0.3, 0.4) is 0 Å². The lowest BCUT2D eigenvalue weighted by Crippen LogP contribution is -2.03. The van der Waals surface area contributed by atoms with E-state index in [1.165, 1.54) is 5.56 Å². The molecule has 2 aromatic heterocycles. The summed E-state index contributed by atoms with van der Waals surface area (Å²) in [6.45, 7) is 0.562. The van der Waals surface area contributed by atoms with Crippen molar-refractivity contribution in [2.45, 2.75) is 17.3 Å². The van der Waals surface area contributed by atoms with Crippen molar-refractivity contribution in [3.63, 3.8) is 0 Å². The van der Waals surface area contributed by atoms with Crippen LogP contribution in [0.5, 0.6) is 5.75 Å². The molecule has 0 aliphatic rings. The number of hydrogen-bond acceptors (Lipinski definition) is 6. The molecule has 0 saturated carbocycles. The molecular formula is C25H22N6OS. The van der Waals surface area contributed by atoms with Crippen LogP contribution < -0.4 is 4.74 Å². The van der Waals surface area contributed by atoms with E-state index in [4.69, 9.17) is 4.74 Å². The first-order valence-corrected chi connectivity index (χ1v) is 11.5. The smallest absolute Gasteiger partial charge is 0.209 e. The normalized spacial score (nSPS) is 10.9. The van der Waals surface area contributed by atoms with Crippen molar-refractivity contribution in [2.24, 2.45) is 0 Å². The lowest BCUT2D eigenvalue weighted by Gasteiger charge is -2.09. The van der Waals surface area contributed by atoms with E-state index in [0.717, 1.165) is 33.3 Å². The van der Waals surface area contributed by atoms with Gasteiger partial charge in [0.2, 0.25) is 5.82 Å². The molecule has 0 unspecified atom stereocenters. The Morgan fingerprint density at radius 2 is 1.55 bits per heavy atom. The van der Waals surface area contributed by atoms with Crippen LogP contribution in [0.4, 0.5) is 0 Å². The SMILES string of the molecule is COc1ccc(-n2ncc(-c3nnn(Cc4ccccc4)n3)c2SCc2ccccc2)cc1. The molecule has 0 radical (unpaired) electrons. The van der Waals surface area contributed by atoms with Gasteiger partial charge in [0.1, 0.15) is 10.8 Å². The summed E-state index contributed by atoms with van der Waals surface area (Å²) in [5.74, 6) is 2.16. The highest BCUT2D eigenvalue weighted by atomic mass is 32.2. The zero-order chi connectivity index (χ0) is 22.5. The van der Waals surface area contributed by atoms with E-state index in [0.29, 0.717) is 12.4 Å². The van der Waals surface area contributed by atoms with Gasteiger partial charge < -0.3 is 4.74 Å². The molecule has 7 nitrogen and oxygen atoms in total. The first-order chi connectivity index (χ1) is 16.3. The summed E-state index contributed by atoms with van der Waals surface area (Å²) in [6.07, 6.45) is 1.81. The zero-order valence-corrected chi connectivity index (χ0v) is 18.9. The molecule has 2 heterocycles. The van der Waals surface area contributed by atoms with Crippen molar-refractivity contribution >= 4 is 11.8 Å². The molecule has 5 aromatic rings. The summed E-state index contributed by atoms with van der Waals surface area (Å²) in [5, 5.41) is 18.8. The fourth-order valence-electron chi connectivity index (χ4n) is 3.43. The van der Waals surface area contributed by atoms with E-state index in [-0.39, 0.29) is 0 Å². The third-order valence-corrected chi connectivity index (χ3v) is 6.26. The molecule has 0 aliphatic heterocycles. The van der Waals surface area contributed by atoms with Crippen molar-refractivity contribution in [1.29, 1.82) is 0 Å². The molecule has 33 heavy (non-hydrogen) atoms. The highest BCUT2D eigenvalue weighted by Crippen LogP contribution is 2.33. The monoisotopic (exact) mass is 454 g/mol. The van der Waals surface area contributed by atoms with E-state index in [1.807, 2.05) is 77.5 Å². The molecular weight excluding hydrogens is 432 g/mol. The van der Waals surface area contributed by atoms with Gasteiger partial charge in [-0.15, -0.1) is 22.0 Å². The van der Waals surface area contributed by atoms with E-state index >= 15 is 0 Å². The molecule has 0 bridgehead atoms. The van der Waals surface area contributed by atoms with Gasteiger partial charge in [-0.2, -0.15) is 9.90 Å². The summed E-state index contributed by atoms with van der Waals surface area (Å²) in [7, 11) is 1.66. The fraction of sp³-hybridized carbons (Fsp3) is 0.120. The van der Waals surface area contributed by atoms with Gasteiger partial charge in [-0.05, 0) is 40.6 Å². The Balaban J connectivity index is 1.48. The maximum absolute atomic E-state index is 5.30. The van der Waals surface area contributed by atoms with Gasteiger partial charge in [-0.1, -0.05) is 60.7 Å². The lowest BCUT2D eigenvalue weighted by molar-refractivity contribution is 0.414. The van der Waals surface area contributed by atoms with Gasteiger partial charge >= 0.3 is 0 Å². The first kappa shape index (κ1) is 21.0. The molecule has 0 fully saturated rings. The second-order valence-electron chi connectivity index (χ2n) is 7.38. The average Bonchev–Trinajstić information content (AvgIpc) is 3.51. The summed E-state index contributed by atoms with van der Waals surface area (Å²) in [5.41, 5.74) is 4.14. The highest BCUT2D eigenvalue weighted by molar-refractivity contribution is 7.98. The van der Waals surface area contributed by atoms with Gasteiger partial charge in [0.25, 0.3) is 0 Å². The summed E-state index contributed by atoms with van der Waals surface area (Å²) < 4.78 is 7.22. The Bertz CT molecular complexity index is 1320. The number of aromatic nitrogens is 6. The highest BCUT2D eigenvalue weighted by Gasteiger charge is 2.19. The topological polar surface area (TPSA) is 70.7 Å². The number of methoxy groups -OCH3 is 1. The maximum atomic E-state index is 5.30. The predicted molar refractivity (Wildman–Crippen MR) is 128 cm³/mol. The Morgan fingerprint density at radius 3 is 2.24 bits per heavy atom. The minimum Gasteiger partial charge on any atom is -0.497 e. The Kier molecular flexibility index (Phi) is 6.16. The van der Waals surface area contributed by atoms with Crippen LogP contribution in [0.1, 0.15) is 11.1 Å². The third-order valence-electron chi connectivity index (χ3n) is 5.12. The summed E-state index contributed by atoms with van der Waals surface area (Å²) >= 11 is 1.70. The standard InChI is InChI=1S/C25H22N6OS/c1-32-22-14-12-21(13-15-22)31-25(33-18-20-10-6-3-7-11-20)23(16-26-31)24-27-29-30(28-24)17-19-8-4-2-5-9-19/h2-16H,17-18H2,1H3. The van der Waals surface area contributed by atoms with Gasteiger partial charge in [0.05, 0.1) is 31.1 Å². The van der Waals surface area contributed by atoms with Crippen molar-refractivity contribution in [1.82, 2.24) is 30.0 Å². The van der Waals surface area contributed by atoms with E-state index < -0.39 is 0 Å². The minimum absolute atomic E-state index is 0.557. The first-order valence-electron chi connectivity index (χ1n) is 10.5. The van der Waals surface area contributed by atoms with Gasteiger partial charge in [-0.25, -0.2) is 4.68 Å². The number of benzene rings is 3. The second-order valence-corrected chi connectivity index (χ2v) is 8.34. The van der Waals surface area contributed by atoms with E-state index in [1.54, 1.807) is 29.9 Å². The number of thioether (sulfide) groups is 1. The maximum Gasteiger partial charge on any atom is 0.209 e. The van der Waals surface area contributed by atoms with Crippen LogP contribution in [0.2, 0.25) is 0 Å². The number of tetrazole rings is 1. The van der Waals surface area contributed by atoms with Crippen LogP contribution in [-0.4, -0.2) is 37.1 Å². The number of rotatable bonds is 8. The van der Waals surface area contributed by atoms with Gasteiger partial charge in [-0.3, -0.25) is 0 Å². The predicted octanol–water partition coefficient (Wildman–Crippen LogP) is 4.88. The zero-order valence-electron chi connectivity index (χ0n) is 18.1. The van der Waals surface area contributed by atoms with E-state index in [2.05, 4.69) is 32.6 Å². The van der Waals surface area contributed by atoms with Crippen molar-refractivity contribution in [2.75, 3.05) is 7.11 Å². The number of nitrogens with zero attached hydrogens (tertiary/aromatic N) is 6. The fourth-order valence-corrected chi connectivity index (χ4v) is 4.50. The average molecular weight is 455 g/mol. The van der Waals surface area contributed by atoms with Gasteiger partial charge in [0.15, 0.2) is 0 Å². The van der Waals surface area contributed by atoms with E-state index in [9.17, 15) is 0 Å². The molecule has 0 spiro atoms. The second kappa shape index (κ2) is 9.70. The molecule has 0 saturated heterocycles. The Morgan fingerprint density at radius 1 is 0.848 bits per heavy atom. The summed E-state index contributed by atoms with van der Waals surface area (Å²) in [6, 6.07) is 28.3. The van der Waals surface area contributed by atoms with Crippen LogP contribution in [-0.2, 0) is 12.3 Å². The molecule has 0 amide bonds. The minimum atomic E-state index is 0.557. The van der Waals surface area contributed by atoms with Crippen LogP contribution in [0.25, 0.3) is 17.1 Å². The molecule has 164 valence electrons. The van der Waals surface area contributed by atoms with Crippen molar-refractivity contribution in [3.05, 3.63) is 102 Å². The van der Waals surface area contributed by atoms with Crippen LogP contribution in [0, 0.1) is 0 Å².